The number of nitrogens with one attached hydrogen (secondary N) is 1. The normalized spacial score (nSPS) is 17.1. The molecule has 0 atom stereocenters. The van der Waals surface area contributed by atoms with Crippen LogP contribution < -0.4 is 15.0 Å². The van der Waals surface area contributed by atoms with Gasteiger partial charge >= 0.3 is 0 Å². The lowest BCUT2D eigenvalue weighted by Gasteiger charge is -2.23. The van der Waals surface area contributed by atoms with Crippen molar-refractivity contribution in [1.29, 1.82) is 0 Å². The van der Waals surface area contributed by atoms with E-state index in [-0.39, 0.29) is 5.91 Å². The Bertz CT molecular complexity index is 1160. The first-order valence-corrected chi connectivity index (χ1v) is 12.3. The van der Waals surface area contributed by atoms with Crippen LogP contribution in [0.1, 0.15) is 50.5 Å². The van der Waals surface area contributed by atoms with E-state index in [0.717, 1.165) is 54.9 Å². The predicted octanol–water partition coefficient (Wildman–Crippen LogP) is 5.10. The van der Waals surface area contributed by atoms with E-state index < -0.39 is 0 Å². The van der Waals surface area contributed by atoms with Gasteiger partial charge in [0.1, 0.15) is 5.75 Å². The number of nitrogens with zero attached hydrogens (tertiary/aromatic N) is 4. The first-order valence-electron chi connectivity index (χ1n) is 12.3. The average Bonchev–Trinajstić information content (AvgIpc) is 3.27. The number of hydrogen-bond donors (Lipinski definition) is 1. The van der Waals surface area contributed by atoms with Gasteiger partial charge in [-0.1, -0.05) is 12.8 Å². The monoisotopic (exact) mass is 459 g/mol. The van der Waals surface area contributed by atoms with Crippen LogP contribution in [0, 0.1) is 0 Å². The van der Waals surface area contributed by atoms with Crippen molar-refractivity contribution in [2.24, 2.45) is 0 Å². The molecular weight excluding hydrogens is 426 g/mol. The van der Waals surface area contributed by atoms with E-state index in [1.54, 1.807) is 14.0 Å². The summed E-state index contributed by atoms with van der Waals surface area (Å²) in [4.78, 5) is 25.5. The van der Waals surface area contributed by atoms with Crippen molar-refractivity contribution in [1.82, 2.24) is 14.9 Å². The fraction of sp³-hybridized carbons (Fsp3) is 0.444. The Morgan fingerprint density at radius 1 is 1.00 bits per heavy atom. The van der Waals surface area contributed by atoms with E-state index in [1.165, 1.54) is 36.9 Å². The molecule has 1 amide bonds. The molecule has 1 saturated heterocycles. The first-order chi connectivity index (χ1) is 16.6. The third-order valence-corrected chi connectivity index (χ3v) is 7.17. The fourth-order valence-electron chi connectivity index (χ4n) is 5.32. The molecule has 2 heterocycles. The summed E-state index contributed by atoms with van der Waals surface area (Å²) in [5.41, 5.74) is 4.33. The zero-order valence-corrected chi connectivity index (χ0v) is 20.1. The summed E-state index contributed by atoms with van der Waals surface area (Å²) in [7, 11) is 1.74. The van der Waals surface area contributed by atoms with Gasteiger partial charge in [-0.3, -0.25) is 4.79 Å². The summed E-state index contributed by atoms with van der Waals surface area (Å²) in [6.45, 7) is 5.06. The second-order valence-corrected chi connectivity index (χ2v) is 9.31. The minimum atomic E-state index is 0.158. The number of ether oxygens (including phenoxy) is 1. The second kappa shape index (κ2) is 9.87. The highest BCUT2D eigenvalue weighted by Gasteiger charge is 2.24. The van der Waals surface area contributed by atoms with Gasteiger partial charge < -0.3 is 19.9 Å². The van der Waals surface area contributed by atoms with Gasteiger partial charge in [-0.05, 0) is 61.6 Å². The van der Waals surface area contributed by atoms with E-state index in [9.17, 15) is 4.79 Å². The molecule has 7 heteroatoms. The molecule has 1 N–H and O–H groups in total. The maximum absolute atomic E-state index is 11.7. The standard InChI is InChI=1S/C27H33N5O2/c1-19(33)31-14-5-15-32(17-16-31)23-11-9-22(10-12-23)29-27-28-18-21-8-13-24(34-2)25(26(21)30-27)20-6-3-4-7-20/h8-13,18,20H,3-7,14-17H2,1-2H3,(H,28,29,30). The molecule has 34 heavy (non-hydrogen) atoms. The lowest BCUT2D eigenvalue weighted by atomic mass is 9.94. The van der Waals surface area contributed by atoms with E-state index in [1.807, 2.05) is 23.2 Å². The third-order valence-electron chi connectivity index (χ3n) is 7.17. The Kier molecular flexibility index (Phi) is 6.52. The average molecular weight is 460 g/mol. The molecule has 0 radical (unpaired) electrons. The minimum absolute atomic E-state index is 0.158. The molecule has 5 rings (SSSR count). The van der Waals surface area contributed by atoms with Crippen LogP contribution in [0.3, 0.4) is 0 Å². The lowest BCUT2D eigenvalue weighted by molar-refractivity contribution is -0.128. The van der Waals surface area contributed by atoms with Crippen LogP contribution in [0.4, 0.5) is 17.3 Å². The molecule has 0 spiro atoms. The Labute approximate surface area is 201 Å². The number of carbonyl (C=O) groups excluding carboxylic acids is 1. The molecule has 2 aromatic carbocycles. The summed E-state index contributed by atoms with van der Waals surface area (Å²) in [5.74, 6) is 2.17. The Morgan fingerprint density at radius 3 is 2.53 bits per heavy atom. The third kappa shape index (κ3) is 4.65. The van der Waals surface area contributed by atoms with E-state index in [2.05, 4.69) is 39.5 Å². The number of aromatic nitrogens is 2. The molecule has 1 aliphatic carbocycles. The molecule has 3 aromatic rings. The van der Waals surface area contributed by atoms with Crippen molar-refractivity contribution in [3.05, 3.63) is 48.2 Å². The summed E-state index contributed by atoms with van der Waals surface area (Å²) < 4.78 is 5.72. The van der Waals surface area contributed by atoms with Gasteiger partial charge in [0.15, 0.2) is 0 Å². The number of amides is 1. The smallest absolute Gasteiger partial charge is 0.227 e. The molecular formula is C27H33N5O2. The van der Waals surface area contributed by atoms with Gasteiger partial charge in [-0.15, -0.1) is 0 Å². The maximum Gasteiger partial charge on any atom is 0.227 e. The molecule has 0 bridgehead atoms. The molecule has 2 aliphatic rings. The SMILES string of the molecule is COc1ccc2cnc(Nc3ccc(N4CCCN(C(C)=O)CC4)cc3)nc2c1C1CCCC1. The van der Waals surface area contributed by atoms with Gasteiger partial charge in [0.25, 0.3) is 0 Å². The zero-order valence-electron chi connectivity index (χ0n) is 20.1. The number of anilines is 3. The molecule has 1 aliphatic heterocycles. The molecule has 1 saturated carbocycles. The second-order valence-electron chi connectivity index (χ2n) is 9.31. The van der Waals surface area contributed by atoms with Gasteiger partial charge in [-0.2, -0.15) is 0 Å². The number of benzene rings is 2. The Balaban J connectivity index is 1.35. The van der Waals surface area contributed by atoms with Gasteiger partial charge in [0, 0.05) is 61.6 Å². The van der Waals surface area contributed by atoms with E-state index >= 15 is 0 Å². The minimum Gasteiger partial charge on any atom is -0.496 e. The van der Waals surface area contributed by atoms with Crippen LogP contribution in [-0.2, 0) is 4.79 Å². The molecule has 2 fully saturated rings. The highest BCUT2D eigenvalue weighted by molar-refractivity contribution is 5.85. The lowest BCUT2D eigenvalue weighted by Crippen LogP contribution is -2.33. The largest absolute Gasteiger partial charge is 0.496 e. The highest BCUT2D eigenvalue weighted by atomic mass is 16.5. The van der Waals surface area contributed by atoms with Crippen LogP contribution in [0.15, 0.2) is 42.6 Å². The number of methoxy groups -OCH3 is 1. The molecule has 1 aromatic heterocycles. The van der Waals surface area contributed by atoms with Crippen molar-refractivity contribution >= 4 is 34.1 Å². The topological polar surface area (TPSA) is 70.6 Å². The molecule has 7 nitrogen and oxygen atoms in total. The summed E-state index contributed by atoms with van der Waals surface area (Å²) >= 11 is 0. The van der Waals surface area contributed by atoms with Gasteiger partial charge in [0.05, 0.1) is 12.6 Å². The molecule has 0 unspecified atom stereocenters. The van der Waals surface area contributed by atoms with Crippen LogP contribution >= 0.6 is 0 Å². The van der Waals surface area contributed by atoms with E-state index in [4.69, 9.17) is 9.72 Å². The predicted molar refractivity (Wildman–Crippen MR) is 136 cm³/mol. The summed E-state index contributed by atoms with van der Waals surface area (Å²) in [5, 5.41) is 4.43. The van der Waals surface area contributed by atoms with Gasteiger partial charge in [-0.25, -0.2) is 9.97 Å². The van der Waals surface area contributed by atoms with Crippen LogP contribution in [-0.4, -0.2) is 54.1 Å². The van der Waals surface area contributed by atoms with Crippen LogP contribution in [0.5, 0.6) is 5.75 Å². The Hall–Kier alpha value is -3.35. The maximum atomic E-state index is 11.7. The fourth-order valence-corrected chi connectivity index (χ4v) is 5.32. The van der Waals surface area contributed by atoms with Crippen molar-refractivity contribution < 1.29 is 9.53 Å². The van der Waals surface area contributed by atoms with Crippen LogP contribution in [0.2, 0.25) is 0 Å². The van der Waals surface area contributed by atoms with Crippen LogP contribution in [0.25, 0.3) is 10.9 Å². The van der Waals surface area contributed by atoms with Crippen molar-refractivity contribution in [3.63, 3.8) is 0 Å². The van der Waals surface area contributed by atoms with Gasteiger partial charge in [0.2, 0.25) is 11.9 Å². The van der Waals surface area contributed by atoms with E-state index in [0.29, 0.717) is 11.9 Å². The van der Waals surface area contributed by atoms with Crippen molar-refractivity contribution in [2.75, 3.05) is 43.5 Å². The zero-order chi connectivity index (χ0) is 23.5. The van der Waals surface area contributed by atoms with Crippen molar-refractivity contribution in [2.45, 2.75) is 44.9 Å². The quantitative estimate of drug-likeness (QED) is 0.573. The summed E-state index contributed by atoms with van der Waals surface area (Å²) in [6, 6.07) is 12.5. The number of carbonyl (C=O) groups is 1. The number of hydrogen-bond acceptors (Lipinski definition) is 6. The first kappa shape index (κ1) is 22.4. The number of fused-ring (bicyclic) bond motifs is 1. The summed E-state index contributed by atoms with van der Waals surface area (Å²) in [6.07, 6.45) is 7.77. The number of rotatable bonds is 5. The van der Waals surface area contributed by atoms with Crippen molar-refractivity contribution in [3.8, 4) is 5.75 Å². The molecule has 178 valence electrons. The highest BCUT2D eigenvalue weighted by Crippen LogP contribution is 2.42. The Morgan fingerprint density at radius 2 is 1.79 bits per heavy atom.